The Morgan fingerprint density at radius 3 is 2.23 bits per heavy atom. The van der Waals surface area contributed by atoms with Crippen LogP contribution in [0, 0.1) is 6.92 Å². The highest BCUT2D eigenvalue weighted by atomic mass is 79.9. The summed E-state index contributed by atoms with van der Waals surface area (Å²) in [6.07, 6.45) is 0. The predicted octanol–water partition coefficient (Wildman–Crippen LogP) is 5.20. The summed E-state index contributed by atoms with van der Waals surface area (Å²) in [6.45, 7) is 1.92. The van der Waals surface area contributed by atoms with Crippen LogP contribution in [0.3, 0.4) is 0 Å². The summed E-state index contributed by atoms with van der Waals surface area (Å²) in [7, 11) is 0. The van der Waals surface area contributed by atoms with Crippen molar-refractivity contribution in [1.82, 2.24) is 0 Å². The van der Waals surface area contributed by atoms with Crippen molar-refractivity contribution in [3.05, 3.63) is 94.0 Å². The smallest absolute Gasteiger partial charge is 0.347 e. The average Bonchev–Trinajstić information content (AvgIpc) is 2.65. The maximum absolute atomic E-state index is 12.4. The van der Waals surface area contributed by atoms with Gasteiger partial charge in [0.15, 0.2) is 0 Å². The van der Waals surface area contributed by atoms with E-state index in [1.807, 2.05) is 19.1 Å². The van der Waals surface area contributed by atoms with Gasteiger partial charge in [-0.2, -0.15) is 0 Å². The number of ether oxygens (including phenoxy) is 2. The Balaban J connectivity index is 1.81. The molecule has 0 saturated heterocycles. The first-order valence-electron chi connectivity index (χ1n) is 7.89. The number of esters is 2. The lowest BCUT2D eigenvalue weighted by Crippen LogP contribution is -2.14. The van der Waals surface area contributed by atoms with Crippen LogP contribution in [-0.4, -0.2) is 11.9 Å². The van der Waals surface area contributed by atoms with Gasteiger partial charge >= 0.3 is 11.9 Å². The van der Waals surface area contributed by atoms with E-state index in [1.165, 1.54) is 0 Å². The third-order valence-corrected chi connectivity index (χ3v) is 4.53. The monoisotopic (exact) mass is 410 g/mol. The summed E-state index contributed by atoms with van der Waals surface area (Å²) in [6, 6.07) is 20.4. The van der Waals surface area contributed by atoms with Crippen LogP contribution < -0.4 is 9.47 Å². The molecule has 0 amide bonds. The van der Waals surface area contributed by atoms with Gasteiger partial charge in [0.25, 0.3) is 0 Å². The van der Waals surface area contributed by atoms with Gasteiger partial charge in [-0.15, -0.1) is 0 Å². The first-order chi connectivity index (χ1) is 12.5. The van der Waals surface area contributed by atoms with Crippen LogP contribution in [0.2, 0.25) is 0 Å². The Labute approximate surface area is 159 Å². The molecule has 0 radical (unpaired) electrons. The molecular formula is C21H15BrO4. The second-order valence-corrected chi connectivity index (χ2v) is 6.41. The molecule has 0 unspecified atom stereocenters. The Bertz CT molecular complexity index is 951. The molecule has 0 spiro atoms. The molecular weight excluding hydrogens is 396 g/mol. The molecule has 0 fully saturated rings. The lowest BCUT2D eigenvalue weighted by molar-refractivity contribution is 0.0707. The second-order valence-electron chi connectivity index (χ2n) is 5.55. The quantitative estimate of drug-likeness (QED) is 0.438. The van der Waals surface area contributed by atoms with Crippen LogP contribution in [0.15, 0.2) is 77.3 Å². The van der Waals surface area contributed by atoms with Crippen molar-refractivity contribution in [3.63, 3.8) is 0 Å². The van der Waals surface area contributed by atoms with Crippen molar-refractivity contribution in [2.24, 2.45) is 0 Å². The summed E-state index contributed by atoms with van der Waals surface area (Å²) in [5, 5.41) is 0. The third-order valence-electron chi connectivity index (χ3n) is 3.67. The maximum atomic E-state index is 12.4. The van der Waals surface area contributed by atoms with Crippen molar-refractivity contribution < 1.29 is 19.1 Å². The molecule has 0 aliphatic heterocycles. The van der Waals surface area contributed by atoms with E-state index < -0.39 is 11.9 Å². The van der Waals surface area contributed by atoms with Gasteiger partial charge in [0.05, 0.1) is 5.56 Å². The molecule has 0 heterocycles. The van der Waals surface area contributed by atoms with Crippen LogP contribution in [-0.2, 0) is 0 Å². The summed E-state index contributed by atoms with van der Waals surface area (Å²) in [5.74, 6) is -0.577. The van der Waals surface area contributed by atoms with E-state index >= 15 is 0 Å². The number of carbonyl (C=O) groups excluding carboxylic acids is 2. The average molecular weight is 411 g/mol. The number of halogens is 1. The molecule has 3 aromatic rings. The standard InChI is InChI=1S/C21H15BrO4/c1-14-11-12-15(13-18(14)22)20(23)26-19-10-6-5-9-17(19)21(24)25-16-7-3-2-4-8-16/h2-13H,1H3. The van der Waals surface area contributed by atoms with Crippen LogP contribution in [0.4, 0.5) is 0 Å². The van der Waals surface area contributed by atoms with E-state index in [1.54, 1.807) is 60.7 Å². The molecule has 0 aliphatic rings. The van der Waals surface area contributed by atoms with E-state index in [-0.39, 0.29) is 11.3 Å². The number of hydrogen-bond acceptors (Lipinski definition) is 4. The van der Waals surface area contributed by atoms with Gasteiger partial charge < -0.3 is 9.47 Å². The molecule has 3 aromatic carbocycles. The van der Waals surface area contributed by atoms with Crippen LogP contribution in [0.5, 0.6) is 11.5 Å². The molecule has 0 aromatic heterocycles. The number of rotatable bonds is 4. The van der Waals surface area contributed by atoms with E-state index in [4.69, 9.17) is 9.47 Å². The zero-order valence-electron chi connectivity index (χ0n) is 13.9. The first kappa shape index (κ1) is 17.9. The molecule has 130 valence electrons. The van der Waals surface area contributed by atoms with Crippen LogP contribution in [0.1, 0.15) is 26.3 Å². The van der Waals surface area contributed by atoms with E-state index in [0.29, 0.717) is 11.3 Å². The molecule has 5 heteroatoms. The van der Waals surface area contributed by atoms with Crippen molar-refractivity contribution in [3.8, 4) is 11.5 Å². The van der Waals surface area contributed by atoms with Gasteiger partial charge in [-0.25, -0.2) is 9.59 Å². The van der Waals surface area contributed by atoms with Crippen molar-refractivity contribution in [2.75, 3.05) is 0 Å². The minimum absolute atomic E-state index is 0.148. The minimum atomic E-state index is -0.593. The Kier molecular flexibility index (Phi) is 5.49. The largest absolute Gasteiger partial charge is 0.423 e. The van der Waals surface area contributed by atoms with E-state index in [0.717, 1.165) is 10.0 Å². The van der Waals surface area contributed by atoms with Gasteiger partial charge in [0, 0.05) is 4.47 Å². The molecule has 0 N–H and O–H groups in total. The molecule has 0 bridgehead atoms. The van der Waals surface area contributed by atoms with Gasteiger partial charge in [-0.3, -0.25) is 0 Å². The Hall–Kier alpha value is -2.92. The molecule has 26 heavy (non-hydrogen) atoms. The molecule has 0 atom stereocenters. The van der Waals surface area contributed by atoms with Gasteiger partial charge in [0.1, 0.15) is 17.1 Å². The number of carbonyl (C=O) groups is 2. The van der Waals surface area contributed by atoms with E-state index in [9.17, 15) is 9.59 Å². The minimum Gasteiger partial charge on any atom is -0.423 e. The first-order valence-corrected chi connectivity index (χ1v) is 8.68. The Morgan fingerprint density at radius 1 is 0.808 bits per heavy atom. The Morgan fingerprint density at radius 2 is 1.50 bits per heavy atom. The molecule has 0 saturated carbocycles. The number of hydrogen-bond donors (Lipinski definition) is 0. The molecule has 0 aliphatic carbocycles. The fourth-order valence-corrected chi connectivity index (χ4v) is 2.63. The summed E-state index contributed by atoms with van der Waals surface area (Å²) in [4.78, 5) is 24.8. The van der Waals surface area contributed by atoms with E-state index in [2.05, 4.69) is 15.9 Å². The summed E-state index contributed by atoms with van der Waals surface area (Å²) < 4.78 is 11.6. The highest BCUT2D eigenvalue weighted by Crippen LogP contribution is 2.23. The zero-order chi connectivity index (χ0) is 18.5. The normalized spacial score (nSPS) is 10.2. The number of benzene rings is 3. The summed E-state index contributed by atoms with van der Waals surface area (Å²) >= 11 is 3.39. The molecule has 3 rings (SSSR count). The lowest BCUT2D eigenvalue weighted by Gasteiger charge is -2.10. The van der Waals surface area contributed by atoms with Crippen LogP contribution >= 0.6 is 15.9 Å². The van der Waals surface area contributed by atoms with Crippen molar-refractivity contribution in [2.45, 2.75) is 6.92 Å². The number of para-hydroxylation sites is 2. The fourth-order valence-electron chi connectivity index (χ4n) is 2.25. The van der Waals surface area contributed by atoms with Gasteiger partial charge in [0.2, 0.25) is 0 Å². The third kappa shape index (κ3) is 4.18. The van der Waals surface area contributed by atoms with Crippen molar-refractivity contribution in [1.29, 1.82) is 0 Å². The lowest BCUT2D eigenvalue weighted by atomic mass is 10.1. The fraction of sp³-hybridized carbons (Fsp3) is 0.0476. The highest BCUT2D eigenvalue weighted by Gasteiger charge is 2.18. The van der Waals surface area contributed by atoms with Gasteiger partial charge in [-0.05, 0) is 48.9 Å². The maximum Gasteiger partial charge on any atom is 0.347 e. The topological polar surface area (TPSA) is 52.6 Å². The van der Waals surface area contributed by atoms with Crippen LogP contribution in [0.25, 0.3) is 0 Å². The predicted molar refractivity (Wildman–Crippen MR) is 102 cm³/mol. The highest BCUT2D eigenvalue weighted by molar-refractivity contribution is 9.10. The second kappa shape index (κ2) is 7.97. The van der Waals surface area contributed by atoms with Crippen molar-refractivity contribution >= 4 is 27.9 Å². The zero-order valence-corrected chi connectivity index (χ0v) is 15.5. The number of aryl methyl sites for hydroxylation is 1. The van der Waals surface area contributed by atoms with Gasteiger partial charge in [-0.1, -0.05) is 52.3 Å². The summed E-state index contributed by atoms with van der Waals surface area (Å²) in [5.41, 5.74) is 1.57. The molecule has 4 nitrogen and oxygen atoms in total. The SMILES string of the molecule is Cc1ccc(C(=O)Oc2ccccc2C(=O)Oc2ccccc2)cc1Br.